The number of carbonyl (C=O) groups is 2. The molecule has 0 aromatic heterocycles. The lowest BCUT2D eigenvalue weighted by molar-refractivity contribution is -0.143. The minimum Gasteiger partial charge on any atom is -0.494 e. The van der Waals surface area contributed by atoms with Crippen LogP contribution in [0.1, 0.15) is 67.0 Å². The standard InChI is InChI=1S/C34H40N2O6/c1-5-14-40-26-11-8-24(9-12-26)33-31(34(38)39)27(25-10-13-28-29(17-25)42-20-41-28)18-36(33)19-30(37)35-32-22(6-2)15-21(4)16-23(32)7-3/h8-13,15-17,27,31,33H,5-7,14,18-20H2,1-4H3,(H,35,37)(H,38,39)/t27-,31-,33+/m1/s1. The van der Waals surface area contributed by atoms with Gasteiger partial charge in [0.25, 0.3) is 0 Å². The summed E-state index contributed by atoms with van der Waals surface area (Å²) in [6.07, 6.45) is 2.50. The number of fused-ring (bicyclic) bond motifs is 1. The number of likely N-dealkylation sites (tertiary alicyclic amines) is 1. The van der Waals surface area contributed by atoms with E-state index >= 15 is 0 Å². The van der Waals surface area contributed by atoms with Crippen LogP contribution >= 0.6 is 0 Å². The number of nitrogens with zero attached hydrogens (tertiary/aromatic N) is 1. The maximum Gasteiger partial charge on any atom is 0.309 e. The number of carboxylic acid groups (broad SMARTS) is 1. The van der Waals surface area contributed by atoms with Crippen molar-refractivity contribution >= 4 is 17.6 Å². The number of aliphatic carboxylic acids is 1. The van der Waals surface area contributed by atoms with Gasteiger partial charge in [0.15, 0.2) is 11.5 Å². The molecule has 0 saturated carbocycles. The van der Waals surface area contributed by atoms with Crippen LogP contribution in [0.15, 0.2) is 54.6 Å². The van der Waals surface area contributed by atoms with Crippen molar-refractivity contribution in [3.63, 3.8) is 0 Å². The van der Waals surface area contributed by atoms with Gasteiger partial charge in [0.05, 0.1) is 19.1 Å². The van der Waals surface area contributed by atoms with Crippen molar-refractivity contribution in [3.05, 3.63) is 82.4 Å². The lowest BCUT2D eigenvalue weighted by Gasteiger charge is -2.27. The third-order valence-electron chi connectivity index (χ3n) is 8.22. The van der Waals surface area contributed by atoms with Crippen molar-refractivity contribution in [2.75, 3.05) is 31.8 Å². The predicted molar refractivity (Wildman–Crippen MR) is 162 cm³/mol. The molecule has 3 aromatic carbocycles. The highest BCUT2D eigenvalue weighted by Crippen LogP contribution is 2.47. The van der Waals surface area contributed by atoms with Crippen molar-refractivity contribution in [1.29, 1.82) is 0 Å². The van der Waals surface area contributed by atoms with E-state index in [1.165, 1.54) is 5.56 Å². The Kier molecular flexibility index (Phi) is 9.02. The summed E-state index contributed by atoms with van der Waals surface area (Å²) < 4.78 is 16.9. The van der Waals surface area contributed by atoms with Crippen molar-refractivity contribution in [2.45, 2.75) is 58.9 Å². The Balaban J connectivity index is 1.48. The normalized spacial score (nSPS) is 19.6. The van der Waals surface area contributed by atoms with Gasteiger partial charge >= 0.3 is 5.97 Å². The maximum absolute atomic E-state index is 13.7. The average Bonchev–Trinajstić information content (AvgIpc) is 3.61. The van der Waals surface area contributed by atoms with Gasteiger partial charge in [-0.3, -0.25) is 14.5 Å². The quantitative estimate of drug-likeness (QED) is 0.286. The fourth-order valence-electron chi connectivity index (χ4n) is 6.28. The Labute approximate surface area is 247 Å². The summed E-state index contributed by atoms with van der Waals surface area (Å²) in [5.41, 5.74) is 5.92. The molecule has 0 bridgehead atoms. The van der Waals surface area contributed by atoms with E-state index < -0.39 is 17.9 Å². The number of hydrogen-bond donors (Lipinski definition) is 2. The molecule has 2 heterocycles. The molecule has 1 saturated heterocycles. The van der Waals surface area contributed by atoms with Gasteiger partial charge in [-0.25, -0.2) is 0 Å². The van der Waals surface area contributed by atoms with E-state index in [0.29, 0.717) is 24.7 Å². The fourth-order valence-corrected chi connectivity index (χ4v) is 6.28. The van der Waals surface area contributed by atoms with Gasteiger partial charge in [-0.05, 0) is 72.7 Å². The second-order valence-electron chi connectivity index (χ2n) is 11.1. The molecule has 3 aromatic rings. The van der Waals surface area contributed by atoms with Crippen LogP contribution in [0.25, 0.3) is 0 Å². The number of benzene rings is 3. The minimum atomic E-state index is -0.906. The summed E-state index contributed by atoms with van der Waals surface area (Å²) in [6, 6.07) is 16.9. The van der Waals surface area contributed by atoms with E-state index in [-0.39, 0.29) is 25.2 Å². The third kappa shape index (κ3) is 6.09. The zero-order chi connectivity index (χ0) is 29.8. The summed E-state index contributed by atoms with van der Waals surface area (Å²) in [5.74, 6) is -0.208. The fraction of sp³-hybridized carbons (Fsp3) is 0.412. The molecule has 8 nitrogen and oxygen atoms in total. The van der Waals surface area contributed by atoms with Gasteiger partial charge in [0.2, 0.25) is 12.7 Å². The summed E-state index contributed by atoms with van der Waals surface area (Å²) in [4.78, 5) is 28.6. The van der Waals surface area contributed by atoms with Crippen molar-refractivity contribution < 1.29 is 28.9 Å². The van der Waals surface area contributed by atoms with E-state index in [1.54, 1.807) is 0 Å². The summed E-state index contributed by atoms with van der Waals surface area (Å²) >= 11 is 0. The molecule has 0 aliphatic carbocycles. The van der Waals surface area contributed by atoms with E-state index in [4.69, 9.17) is 14.2 Å². The highest BCUT2D eigenvalue weighted by Gasteiger charge is 2.48. The molecule has 0 spiro atoms. The highest BCUT2D eigenvalue weighted by atomic mass is 16.7. The van der Waals surface area contributed by atoms with E-state index in [9.17, 15) is 14.7 Å². The summed E-state index contributed by atoms with van der Waals surface area (Å²) in [6.45, 7) is 9.50. The zero-order valence-electron chi connectivity index (χ0n) is 24.8. The number of rotatable bonds is 11. The van der Waals surface area contributed by atoms with E-state index in [2.05, 4.69) is 38.2 Å². The number of amides is 1. The van der Waals surface area contributed by atoms with Gasteiger partial charge < -0.3 is 24.6 Å². The van der Waals surface area contributed by atoms with Crippen molar-refractivity contribution in [3.8, 4) is 17.2 Å². The molecule has 0 radical (unpaired) electrons. The number of ether oxygens (including phenoxy) is 3. The van der Waals surface area contributed by atoms with Crippen LogP contribution < -0.4 is 19.5 Å². The van der Waals surface area contributed by atoms with Gasteiger partial charge in [-0.1, -0.05) is 56.7 Å². The lowest BCUT2D eigenvalue weighted by Crippen LogP contribution is -2.35. The molecule has 1 amide bonds. The molecule has 2 N–H and O–H groups in total. The summed E-state index contributed by atoms with van der Waals surface area (Å²) in [5, 5.41) is 13.8. The van der Waals surface area contributed by atoms with Crippen LogP contribution in [0, 0.1) is 12.8 Å². The molecule has 8 heteroatoms. The lowest BCUT2D eigenvalue weighted by atomic mass is 9.82. The van der Waals surface area contributed by atoms with Crippen LogP contribution in [-0.4, -0.2) is 48.4 Å². The molecule has 1 fully saturated rings. The second kappa shape index (κ2) is 12.9. The Morgan fingerprint density at radius 3 is 2.26 bits per heavy atom. The first-order valence-corrected chi connectivity index (χ1v) is 14.8. The largest absolute Gasteiger partial charge is 0.494 e. The Morgan fingerprint density at radius 2 is 1.62 bits per heavy atom. The minimum absolute atomic E-state index is 0.0593. The molecule has 2 aliphatic rings. The smallest absolute Gasteiger partial charge is 0.309 e. The molecule has 5 rings (SSSR count). The first-order chi connectivity index (χ1) is 20.3. The average molecular weight is 573 g/mol. The predicted octanol–water partition coefficient (Wildman–Crippen LogP) is 6.12. The first-order valence-electron chi connectivity index (χ1n) is 14.8. The molecule has 2 aliphatic heterocycles. The number of carboxylic acids is 1. The number of nitrogens with one attached hydrogen (secondary N) is 1. The highest BCUT2D eigenvalue weighted by molar-refractivity contribution is 5.94. The molecule has 42 heavy (non-hydrogen) atoms. The first kappa shape index (κ1) is 29.5. The van der Waals surface area contributed by atoms with Crippen molar-refractivity contribution in [2.24, 2.45) is 5.92 Å². The van der Waals surface area contributed by atoms with Crippen LogP contribution in [0.5, 0.6) is 17.2 Å². The van der Waals surface area contributed by atoms with E-state index in [1.807, 2.05) is 54.3 Å². The maximum atomic E-state index is 13.7. The van der Waals surface area contributed by atoms with Gasteiger partial charge in [0, 0.05) is 24.2 Å². The van der Waals surface area contributed by atoms with Crippen molar-refractivity contribution in [1.82, 2.24) is 4.90 Å². The zero-order valence-corrected chi connectivity index (χ0v) is 24.8. The molecular formula is C34H40N2O6. The SMILES string of the molecule is CCCOc1ccc([C@H]2[C@H](C(=O)O)[C@@H](c3ccc4c(c3)OCO4)CN2CC(=O)Nc2c(CC)cc(C)cc2CC)cc1. The number of aryl methyl sites for hydroxylation is 3. The third-order valence-corrected chi connectivity index (χ3v) is 8.22. The number of anilines is 1. The van der Waals surface area contributed by atoms with Gasteiger partial charge in [-0.2, -0.15) is 0 Å². The molecule has 3 atom stereocenters. The van der Waals surface area contributed by atoms with Crippen LogP contribution in [-0.2, 0) is 22.4 Å². The topological polar surface area (TPSA) is 97.3 Å². The van der Waals surface area contributed by atoms with Crippen LogP contribution in [0.2, 0.25) is 0 Å². The van der Waals surface area contributed by atoms with Gasteiger partial charge in [0.1, 0.15) is 5.75 Å². The Morgan fingerprint density at radius 1 is 0.952 bits per heavy atom. The van der Waals surface area contributed by atoms with Crippen LogP contribution in [0.3, 0.4) is 0 Å². The molecule has 222 valence electrons. The number of hydrogen-bond acceptors (Lipinski definition) is 6. The Hall–Kier alpha value is -4.04. The van der Waals surface area contributed by atoms with Gasteiger partial charge in [-0.15, -0.1) is 0 Å². The second-order valence-corrected chi connectivity index (χ2v) is 11.1. The monoisotopic (exact) mass is 572 g/mol. The Bertz CT molecular complexity index is 1410. The summed E-state index contributed by atoms with van der Waals surface area (Å²) in [7, 11) is 0. The molecular weight excluding hydrogens is 532 g/mol. The number of carbonyl (C=O) groups excluding carboxylic acids is 1. The molecule has 0 unspecified atom stereocenters. The van der Waals surface area contributed by atoms with E-state index in [0.717, 1.165) is 53.0 Å². The van der Waals surface area contributed by atoms with Crippen LogP contribution in [0.4, 0.5) is 5.69 Å².